The molecule has 1 aliphatic rings. The van der Waals surface area contributed by atoms with Crippen LogP contribution >= 0.6 is 0 Å². The Morgan fingerprint density at radius 3 is 2.38 bits per heavy atom. The molecule has 0 N–H and O–H groups in total. The van der Waals surface area contributed by atoms with Gasteiger partial charge in [-0.3, -0.25) is 0 Å². The van der Waals surface area contributed by atoms with Crippen LogP contribution in [0.1, 0.15) is 59.3 Å². The lowest BCUT2D eigenvalue weighted by molar-refractivity contribution is -0.166. The van der Waals surface area contributed by atoms with Crippen molar-refractivity contribution in [3.05, 3.63) is 0 Å². The molecule has 0 saturated heterocycles. The first-order valence-corrected chi connectivity index (χ1v) is 6.49. The van der Waals surface area contributed by atoms with Crippen LogP contribution < -0.4 is 0 Å². The molecule has 0 amide bonds. The highest BCUT2D eigenvalue weighted by atomic mass is 16.6. The summed E-state index contributed by atoms with van der Waals surface area (Å²) in [7, 11) is 0. The van der Waals surface area contributed by atoms with Crippen LogP contribution in [-0.4, -0.2) is 24.3 Å². The van der Waals surface area contributed by atoms with Gasteiger partial charge in [-0.2, -0.15) is 0 Å². The summed E-state index contributed by atoms with van der Waals surface area (Å²) in [4.78, 5) is 11.7. The van der Waals surface area contributed by atoms with Crippen molar-refractivity contribution in [2.75, 3.05) is 0 Å². The number of carbonyl (C=O) groups excluding carboxylic acids is 1. The summed E-state index contributed by atoms with van der Waals surface area (Å²) in [5, 5.41) is 0. The third-order valence-electron chi connectivity index (χ3n) is 2.89. The van der Waals surface area contributed by atoms with E-state index in [9.17, 15) is 4.79 Å². The molecule has 16 heavy (non-hydrogen) atoms. The maximum Gasteiger partial charge on any atom is 0.335 e. The van der Waals surface area contributed by atoms with E-state index in [0.717, 1.165) is 12.8 Å². The molecule has 0 aromatic heterocycles. The van der Waals surface area contributed by atoms with E-state index in [1.807, 2.05) is 20.8 Å². The minimum absolute atomic E-state index is 0.0588. The molecule has 0 bridgehead atoms. The highest BCUT2D eigenvalue weighted by Gasteiger charge is 2.24. The molecule has 1 aliphatic carbocycles. The summed E-state index contributed by atoms with van der Waals surface area (Å²) in [5.41, 5.74) is 0. The van der Waals surface area contributed by atoms with Gasteiger partial charge in [0.15, 0.2) is 6.10 Å². The predicted molar refractivity (Wildman–Crippen MR) is 63.3 cm³/mol. The van der Waals surface area contributed by atoms with Crippen LogP contribution in [0.25, 0.3) is 0 Å². The molecule has 3 heteroatoms. The zero-order valence-corrected chi connectivity index (χ0v) is 10.7. The van der Waals surface area contributed by atoms with E-state index in [1.54, 1.807) is 0 Å². The van der Waals surface area contributed by atoms with Crippen LogP contribution in [0.4, 0.5) is 0 Å². The Hall–Kier alpha value is -0.570. The van der Waals surface area contributed by atoms with Gasteiger partial charge in [-0.05, 0) is 33.1 Å². The number of hydrogen-bond donors (Lipinski definition) is 0. The van der Waals surface area contributed by atoms with Crippen molar-refractivity contribution in [3.8, 4) is 0 Å². The van der Waals surface area contributed by atoms with Crippen molar-refractivity contribution in [2.24, 2.45) is 0 Å². The quantitative estimate of drug-likeness (QED) is 0.678. The fraction of sp³-hybridized carbons (Fsp3) is 0.923. The minimum atomic E-state index is -0.370. The van der Waals surface area contributed by atoms with Gasteiger partial charge in [0.05, 0.1) is 12.2 Å². The largest absolute Gasteiger partial charge is 0.461 e. The second-order valence-electron chi connectivity index (χ2n) is 4.78. The van der Waals surface area contributed by atoms with Gasteiger partial charge in [-0.25, -0.2) is 4.79 Å². The number of rotatable bonds is 5. The fourth-order valence-corrected chi connectivity index (χ4v) is 2.06. The highest BCUT2D eigenvalue weighted by Crippen LogP contribution is 2.22. The molecular weight excluding hydrogens is 204 g/mol. The molecule has 0 heterocycles. The third kappa shape index (κ3) is 4.52. The number of esters is 1. The normalized spacial score (nSPS) is 19.8. The van der Waals surface area contributed by atoms with E-state index >= 15 is 0 Å². The summed E-state index contributed by atoms with van der Waals surface area (Å²) in [6.07, 6.45) is 6.45. The van der Waals surface area contributed by atoms with Crippen LogP contribution in [0.5, 0.6) is 0 Å². The molecule has 0 aromatic carbocycles. The van der Waals surface area contributed by atoms with Crippen molar-refractivity contribution >= 4 is 5.97 Å². The van der Waals surface area contributed by atoms with E-state index in [-0.39, 0.29) is 24.3 Å². The van der Waals surface area contributed by atoms with Gasteiger partial charge in [-0.1, -0.05) is 26.2 Å². The molecular formula is C13H24O3. The monoisotopic (exact) mass is 228 g/mol. The van der Waals surface area contributed by atoms with Gasteiger partial charge >= 0.3 is 5.97 Å². The Morgan fingerprint density at radius 1 is 1.25 bits per heavy atom. The molecule has 0 aliphatic heterocycles. The first kappa shape index (κ1) is 13.5. The van der Waals surface area contributed by atoms with Gasteiger partial charge < -0.3 is 9.47 Å². The fourth-order valence-electron chi connectivity index (χ4n) is 2.06. The van der Waals surface area contributed by atoms with Gasteiger partial charge in [0, 0.05) is 0 Å². The Kier molecular flexibility index (Phi) is 5.81. The van der Waals surface area contributed by atoms with Crippen LogP contribution in [0.15, 0.2) is 0 Å². The first-order valence-electron chi connectivity index (χ1n) is 6.49. The molecule has 1 unspecified atom stereocenters. The maximum atomic E-state index is 11.7. The second-order valence-corrected chi connectivity index (χ2v) is 4.78. The molecule has 1 rings (SSSR count). The van der Waals surface area contributed by atoms with E-state index in [2.05, 4.69) is 0 Å². The molecule has 1 fully saturated rings. The first-order chi connectivity index (χ1) is 7.63. The van der Waals surface area contributed by atoms with E-state index < -0.39 is 0 Å². The zero-order valence-electron chi connectivity index (χ0n) is 10.7. The Bertz CT molecular complexity index is 207. The van der Waals surface area contributed by atoms with E-state index in [0.29, 0.717) is 6.42 Å². The lowest BCUT2D eigenvalue weighted by Gasteiger charge is -2.26. The number of carbonyl (C=O) groups is 1. The SMILES string of the molecule is CCC(OC1CCCCC1)C(=O)OC(C)C. The molecule has 0 aromatic rings. The topological polar surface area (TPSA) is 35.5 Å². The van der Waals surface area contributed by atoms with Gasteiger partial charge in [-0.15, -0.1) is 0 Å². The van der Waals surface area contributed by atoms with Crippen molar-refractivity contribution in [1.82, 2.24) is 0 Å². The van der Waals surface area contributed by atoms with Crippen molar-refractivity contribution in [2.45, 2.75) is 77.6 Å². The van der Waals surface area contributed by atoms with Crippen LogP contribution in [0, 0.1) is 0 Å². The predicted octanol–water partition coefficient (Wildman–Crippen LogP) is 3.07. The van der Waals surface area contributed by atoms with Crippen molar-refractivity contribution in [3.63, 3.8) is 0 Å². The zero-order chi connectivity index (χ0) is 12.0. The van der Waals surface area contributed by atoms with E-state index in [1.165, 1.54) is 19.3 Å². The van der Waals surface area contributed by atoms with Gasteiger partial charge in [0.1, 0.15) is 0 Å². The lowest BCUT2D eigenvalue weighted by atomic mass is 9.97. The maximum absolute atomic E-state index is 11.7. The lowest BCUT2D eigenvalue weighted by Crippen LogP contribution is -2.32. The summed E-state index contributed by atoms with van der Waals surface area (Å²) in [5.74, 6) is -0.205. The summed E-state index contributed by atoms with van der Waals surface area (Å²) in [6, 6.07) is 0. The molecule has 0 radical (unpaired) electrons. The van der Waals surface area contributed by atoms with Gasteiger partial charge in [0.25, 0.3) is 0 Å². The number of ether oxygens (including phenoxy) is 2. The highest BCUT2D eigenvalue weighted by molar-refractivity contribution is 5.74. The molecule has 94 valence electrons. The van der Waals surface area contributed by atoms with E-state index in [4.69, 9.17) is 9.47 Å². The van der Waals surface area contributed by atoms with Gasteiger partial charge in [0.2, 0.25) is 0 Å². The Morgan fingerprint density at radius 2 is 1.88 bits per heavy atom. The molecule has 1 saturated carbocycles. The van der Waals surface area contributed by atoms with Crippen LogP contribution in [-0.2, 0) is 14.3 Å². The molecule has 1 atom stereocenters. The average Bonchev–Trinajstić information content (AvgIpc) is 2.26. The second kappa shape index (κ2) is 6.89. The summed E-state index contributed by atoms with van der Waals surface area (Å²) < 4.78 is 11.0. The Balaban J connectivity index is 2.37. The van der Waals surface area contributed by atoms with Crippen LogP contribution in [0.3, 0.4) is 0 Å². The van der Waals surface area contributed by atoms with Crippen molar-refractivity contribution < 1.29 is 14.3 Å². The smallest absolute Gasteiger partial charge is 0.335 e. The standard InChI is InChI=1S/C13H24O3/c1-4-12(13(14)15-10(2)3)16-11-8-6-5-7-9-11/h10-12H,4-9H2,1-3H3. The molecule has 3 nitrogen and oxygen atoms in total. The Labute approximate surface area is 98.5 Å². The van der Waals surface area contributed by atoms with Crippen LogP contribution in [0.2, 0.25) is 0 Å². The number of hydrogen-bond acceptors (Lipinski definition) is 3. The van der Waals surface area contributed by atoms with Crippen molar-refractivity contribution in [1.29, 1.82) is 0 Å². The summed E-state index contributed by atoms with van der Waals surface area (Å²) >= 11 is 0. The summed E-state index contributed by atoms with van der Waals surface area (Å²) in [6.45, 7) is 5.70. The minimum Gasteiger partial charge on any atom is -0.461 e. The molecule has 0 spiro atoms. The average molecular weight is 228 g/mol. The third-order valence-corrected chi connectivity index (χ3v) is 2.89.